The predicted octanol–water partition coefficient (Wildman–Crippen LogP) is 4.02. The third kappa shape index (κ3) is 2.02. The van der Waals surface area contributed by atoms with Crippen LogP contribution in [0.15, 0.2) is 54.9 Å². The minimum absolute atomic E-state index is 0.711. The molecule has 0 N–H and O–H groups in total. The van der Waals surface area contributed by atoms with E-state index in [1.54, 1.807) is 6.20 Å². The van der Waals surface area contributed by atoms with Gasteiger partial charge in [-0.15, -0.1) is 0 Å². The van der Waals surface area contributed by atoms with Gasteiger partial charge in [0.05, 0.1) is 0 Å². The van der Waals surface area contributed by atoms with Crippen LogP contribution in [0.2, 0.25) is 0 Å². The highest BCUT2D eigenvalue weighted by molar-refractivity contribution is 5.97. The summed E-state index contributed by atoms with van der Waals surface area (Å²) in [6.07, 6.45) is 4.55. The molecule has 0 spiro atoms. The second-order valence-corrected chi connectivity index (χ2v) is 4.59. The summed E-state index contributed by atoms with van der Waals surface area (Å²) in [7, 11) is 0. The number of aldehydes is 1. The van der Waals surface area contributed by atoms with Crippen molar-refractivity contribution in [2.24, 2.45) is 0 Å². The number of carbonyl (C=O) groups is 1. The summed E-state index contributed by atoms with van der Waals surface area (Å²) < 4.78 is 0. The summed E-state index contributed by atoms with van der Waals surface area (Å²) in [6.45, 7) is 2.03. The number of benzene rings is 2. The molecule has 0 atom stereocenters. The lowest BCUT2D eigenvalue weighted by Crippen LogP contribution is -1.88. The van der Waals surface area contributed by atoms with Crippen molar-refractivity contribution < 1.29 is 4.79 Å². The Morgan fingerprint density at radius 3 is 2.74 bits per heavy atom. The molecule has 92 valence electrons. The van der Waals surface area contributed by atoms with E-state index in [1.165, 1.54) is 10.9 Å². The number of pyridine rings is 1. The van der Waals surface area contributed by atoms with Crippen LogP contribution in [0.4, 0.5) is 0 Å². The van der Waals surface area contributed by atoms with Crippen LogP contribution in [0.5, 0.6) is 0 Å². The monoisotopic (exact) mass is 247 g/mol. The van der Waals surface area contributed by atoms with Crippen LogP contribution >= 0.6 is 0 Å². The zero-order valence-electron chi connectivity index (χ0n) is 10.6. The summed E-state index contributed by atoms with van der Waals surface area (Å²) in [4.78, 5) is 15.0. The summed E-state index contributed by atoms with van der Waals surface area (Å²) in [5.74, 6) is 0. The fourth-order valence-corrected chi connectivity index (χ4v) is 2.42. The second-order valence-electron chi connectivity index (χ2n) is 4.59. The van der Waals surface area contributed by atoms with E-state index < -0.39 is 0 Å². The zero-order valence-corrected chi connectivity index (χ0v) is 10.6. The van der Waals surface area contributed by atoms with Crippen LogP contribution in [0, 0.1) is 6.92 Å². The number of nitrogens with zero attached hydrogens (tertiary/aromatic N) is 1. The van der Waals surface area contributed by atoms with E-state index in [1.807, 2.05) is 43.5 Å². The third-order valence-corrected chi connectivity index (χ3v) is 3.36. The number of hydrogen-bond acceptors (Lipinski definition) is 2. The molecule has 0 bridgehead atoms. The molecule has 0 amide bonds. The molecule has 0 fully saturated rings. The number of aromatic nitrogens is 1. The Morgan fingerprint density at radius 1 is 1.05 bits per heavy atom. The van der Waals surface area contributed by atoms with Gasteiger partial charge in [0.2, 0.25) is 0 Å². The molecule has 2 aromatic carbocycles. The van der Waals surface area contributed by atoms with Gasteiger partial charge in [0.15, 0.2) is 0 Å². The SMILES string of the molecule is Cc1cc(C=O)ccc1-c1cccc2cnccc12. The molecule has 19 heavy (non-hydrogen) atoms. The fourth-order valence-electron chi connectivity index (χ4n) is 2.42. The Bertz CT molecular complexity index is 757. The highest BCUT2D eigenvalue weighted by Gasteiger charge is 2.06. The van der Waals surface area contributed by atoms with Gasteiger partial charge in [0.1, 0.15) is 6.29 Å². The van der Waals surface area contributed by atoms with Gasteiger partial charge in [-0.05, 0) is 41.1 Å². The first-order chi connectivity index (χ1) is 9.29. The number of fused-ring (bicyclic) bond motifs is 1. The summed E-state index contributed by atoms with van der Waals surface area (Å²) >= 11 is 0. The van der Waals surface area contributed by atoms with Crippen LogP contribution in [-0.2, 0) is 0 Å². The van der Waals surface area contributed by atoms with E-state index in [0.717, 1.165) is 22.8 Å². The van der Waals surface area contributed by atoms with Crippen molar-refractivity contribution >= 4 is 17.1 Å². The van der Waals surface area contributed by atoms with E-state index in [0.29, 0.717) is 5.56 Å². The lowest BCUT2D eigenvalue weighted by atomic mass is 9.95. The molecule has 0 saturated carbocycles. The van der Waals surface area contributed by atoms with Crippen LogP contribution in [0.3, 0.4) is 0 Å². The first-order valence-corrected chi connectivity index (χ1v) is 6.18. The van der Waals surface area contributed by atoms with Crippen molar-refractivity contribution in [2.45, 2.75) is 6.92 Å². The number of carbonyl (C=O) groups excluding carboxylic acids is 1. The molecule has 0 unspecified atom stereocenters. The molecule has 0 saturated heterocycles. The maximum absolute atomic E-state index is 10.8. The minimum Gasteiger partial charge on any atom is -0.298 e. The standard InChI is InChI=1S/C17H13NO/c1-12-9-13(11-19)5-6-15(12)17-4-2-3-14-10-18-8-7-16(14)17/h2-11H,1H3. The van der Waals surface area contributed by atoms with E-state index in [2.05, 4.69) is 17.1 Å². The average Bonchev–Trinajstić information content (AvgIpc) is 2.46. The van der Waals surface area contributed by atoms with Gasteiger partial charge in [-0.2, -0.15) is 0 Å². The molecular weight excluding hydrogens is 234 g/mol. The predicted molar refractivity (Wildman–Crippen MR) is 77.3 cm³/mol. The highest BCUT2D eigenvalue weighted by atomic mass is 16.1. The van der Waals surface area contributed by atoms with Crippen molar-refractivity contribution in [3.05, 3.63) is 66.0 Å². The molecule has 2 nitrogen and oxygen atoms in total. The Labute approximate surface area is 111 Å². The Morgan fingerprint density at radius 2 is 1.95 bits per heavy atom. The molecule has 0 aliphatic heterocycles. The molecule has 0 radical (unpaired) electrons. The van der Waals surface area contributed by atoms with Crippen LogP contribution < -0.4 is 0 Å². The van der Waals surface area contributed by atoms with Crippen LogP contribution in [-0.4, -0.2) is 11.3 Å². The van der Waals surface area contributed by atoms with Gasteiger partial charge < -0.3 is 0 Å². The normalized spacial score (nSPS) is 10.6. The van der Waals surface area contributed by atoms with Crippen molar-refractivity contribution in [3.63, 3.8) is 0 Å². The van der Waals surface area contributed by atoms with Crippen LogP contribution in [0.25, 0.3) is 21.9 Å². The maximum atomic E-state index is 10.8. The Balaban J connectivity index is 2.27. The molecule has 0 aliphatic carbocycles. The van der Waals surface area contributed by atoms with Gasteiger partial charge in [-0.3, -0.25) is 9.78 Å². The Kier molecular flexibility index (Phi) is 2.84. The lowest BCUT2D eigenvalue weighted by Gasteiger charge is -2.10. The van der Waals surface area contributed by atoms with Crippen molar-refractivity contribution in [3.8, 4) is 11.1 Å². The van der Waals surface area contributed by atoms with Gasteiger partial charge in [0.25, 0.3) is 0 Å². The fraction of sp³-hybridized carbons (Fsp3) is 0.0588. The Hall–Kier alpha value is -2.48. The van der Waals surface area contributed by atoms with Gasteiger partial charge in [-0.1, -0.05) is 30.3 Å². The average molecular weight is 247 g/mol. The summed E-state index contributed by atoms with van der Waals surface area (Å²) in [6, 6.07) is 14.0. The number of rotatable bonds is 2. The molecule has 3 rings (SSSR count). The van der Waals surface area contributed by atoms with E-state index in [4.69, 9.17) is 0 Å². The largest absolute Gasteiger partial charge is 0.298 e. The highest BCUT2D eigenvalue weighted by Crippen LogP contribution is 2.30. The molecule has 1 heterocycles. The summed E-state index contributed by atoms with van der Waals surface area (Å²) in [5, 5.41) is 2.30. The smallest absolute Gasteiger partial charge is 0.150 e. The molecule has 2 heteroatoms. The molecular formula is C17H13NO. The van der Waals surface area contributed by atoms with Gasteiger partial charge >= 0.3 is 0 Å². The van der Waals surface area contributed by atoms with Gasteiger partial charge in [0, 0.05) is 23.3 Å². The van der Waals surface area contributed by atoms with Crippen molar-refractivity contribution in [1.29, 1.82) is 0 Å². The molecule has 3 aromatic rings. The first-order valence-electron chi connectivity index (χ1n) is 6.18. The van der Waals surface area contributed by atoms with E-state index in [9.17, 15) is 4.79 Å². The van der Waals surface area contributed by atoms with E-state index in [-0.39, 0.29) is 0 Å². The first kappa shape index (κ1) is 11.6. The third-order valence-electron chi connectivity index (χ3n) is 3.36. The number of aryl methyl sites for hydroxylation is 1. The second kappa shape index (κ2) is 4.65. The topological polar surface area (TPSA) is 30.0 Å². The lowest BCUT2D eigenvalue weighted by molar-refractivity contribution is 0.112. The maximum Gasteiger partial charge on any atom is 0.150 e. The van der Waals surface area contributed by atoms with Crippen molar-refractivity contribution in [2.75, 3.05) is 0 Å². The summed E-state index contributed by atoms with van der Waals surface area (Å²) in [5.41, 5.74) is 4.15. The van der Waals surface area contributed by atoms with Crippen molar-refractivity contribution in [1.82, 2.24) is 4.98 Å². The minimum atomic E-state index is 0.711. The number of hydrogen-bond donors (Lipinski definition) is 0. The zero-order chi connectivity index (χ0) is 13.2. The van der Waals surface area contributed by atoms with Gasteiger partial charge in [-0.25, -0.2) is 0 Å². The molecule has 0 aliphatic rings. The molecule has 1 aromatic heterocycles. The van der Waals surface area contributed by atoms with Crippen LogP contribution in [0.1, 0.15) is 15.9 Å². The van der Waals surface area contributed by atoms with E-state index >= 15 is 0 Å². The quantitative estimate of drug-likeness (QED) is 0.640.